The van der Waals surface area contributed by atoms with Gasteiger partial charge in [0.1, 0.15) is 11.9 Å². The highest BCUT2D eigenvalue weighted by atomic mass is 35.5. The zero-order valence-electron chi connectivity index (χ0n) is 13.9. The molecule has 0 bridgehead atoms. The van der Waals surface area contributed by atoms with Crippen molar-refractivity contribution in [2.45, 2.75) is 19.5 Å². The molecule has 2 amide bonds. The standard InChI is InChI=1S/C15H18ClFN2O3.CH2O2/c1-10-15(21)18(3-4-22-2)9-14(20)19(10)8-11-5-12(16)7-13(17)6-11;2-1-3/h5-7,10H,3-4,8-9H2,1-2H3;1H,(H,2,3)/t10-;/m0./s1. The van der Waals surface area contributed by atoms with E-state index in [4.69, 9.17) is 26.2 Å². The van der Waals surface area contributed by atoms with Crippen molar-refractivity contribution < 1.29 is 28.6 Å². The average Bonchev–Trinajstić information content (AvgIpc) is 2.53. The highest BCUT2D eigenvalue weighted by Crippen LogP contribution is 2.19. The molecule has 0 aromatic heterocycles. The maximum Gasteiger partial charge on any atom is 0.290 e. The molecule has 1 aliphatic heterocycles. The lowest BCUT2D eigenvalue weighted by Crippen LogP contribution is -2.58. The monoisotopic (exact) mass is 374 g/mol. The number of hydrogen-bond acceptors (Lipinski definition) is 4. The minimum atomic E-state index is -0.597. The Morgan fingerprint density at radius 2 is 2.04 bits per heavy atom. The molecule has 0 radical (unpaired) electrons. The van der Waals surface area contributed by atoms with Gasteiger partial charge < -0.3 is 19.6 Å². The second-order valence-corrected chi connectivity index (χ2v) is 5.77. The van der Waals surface area contributed by atoms with E-state index in [1.165, 1.54) is 21.9 Å². The van der Waals surface area contributed by atoms with E-state index >= 15 is 0 Å². The summed E-state index contributed by atoms with van der Waals surface area (Å²) in [6, 6.07) is 3.50. The van der Waals surface area contributed by atoms with E-state index in [1.807, 2.05) is 0 Å². The van der Waals surface area contributed by atoms with Crippen molar-refractivity contribution in [3.8, 4) is 0 Å². The molecule has 7 nitrogen and oxygen atoms in total. The van der Waals surface area contributed by atoms with Crippen LogP contribution >= 0.6 is 11.6 Å². The maximum absolute atomic E-state index is 13.4. The van der Waals surface area contributed by atoms with E-state index in [2.05, 4.69) is 0 Å². The first kappa shape index (κ1) is 20.9. The van der Waals surface area contributed by atoms with Crippen LogP contribution in [0.25, 0.3) is 0 Å². The Bertz CT molecular complexity index is 608. The van der Waals surface area contributed by atoms with Crippen LogP contribution in [0.4, 0.5) is 4.39 Å². The second kappa shape index (κ2) is 9.95. The number of ether oxygens (including phenoxy) is 1. The van der Waals surface area contributed by atoms with Crippen LogP contribution in [-0.2, 0) is 25.7 Å². The molecule has 1 saturated heterocycles. The number of methoxy groups -OCH3 is 1. The van der Waals surface area contributed by atoms with Crippen LogP contribution in [0.2, 0.25) is 5.02 Å². The summed E-state index contributed by atoms with van der Waals surface area (Å²) in [6.07, 6.45) is 0. The first-order valence-electron chi connectivity index (χ1n) is 7.44. The summed E-state index contributed by atoms with van der Waals surface area (Å²) in [5.41, 5.74) is 0.559. The average molecular weight is 375 g/mol. The molecule has 1 aromatic carbocycles. The van der Waals surface area contributed by atoms with Crippen LogP contribution in [0.15, 0.2) is 18.2 Å². The highest BCUT2D eigenvalue weighted by molar-refractivity contribution is 6.30. The van der Waals surface area contributed by atoms with Crippen molar-refractivity contribution >= 4 is 29.9 Å². The number of nitrogens with zero attached hydrogens (tertiary/aromatic N) is 2. The van der Waals surface area contributed by atoms with Gasteiger partial charge in [0.15, 0.2) is 0 Å². The predicted molar refractivity (Wildman–Crippen MR) is 88.6 cm³/mol. The molecule has 1 aromatic rings. The van der Waals surface area contributed by atoms with Gasteiger partial charge in [0.05, 0.1) is 13.2 Å². The number of carbonyl (C=O) groups excluding carboxylic acids is 2. The van der Waals surface area contributed by atoms with Crippen LogP contribution in [0.5, 0.6) is 0 Å². The van der Waals surface area contributed by atoms with Gasteiger partial charge in [0, 0.05) is 25.2 Å². The lowest BCUT2D eigenvalue weighted by Gasteiger charge is -2.38. The smallest absolute Gasteiger partial charge is 0.290 e. The summed E-state index contributed by atoms with van der Waals surface area (Å²) < 4.78 is 18.3. The third kappa shape index (κ3) is 5.99. The molecular formula is C16H20ClFN2O5. The van der Waals surface area contributed by atoms with E-state index in [-0.39, 0.29) is 36.4 Å². The lowest BCUT2D eigenvalue weighted by molar-refractivity contribution is -0.156. The normalized spacial score (nSPS) is 17.2. The fourth-order valence-corrected chi connectivity index (χ4v) is 2.70. The van der Waals surface area contributed by atoms with Gasteiger partial charge in [0.25, 0.3) is 6.47 Å². The van der Waals surface area contributed by atoms with E-state index in [0.29, 0.717) is 18.7 Å². The van der Waals surface area contributed by atoms with Crippen molar-refractivity contribution in [1.82, 2.24) is 9.80 Å². The third-order valence-electron chi connectivity index (χ3n) is 3.62. The van der Waals surface area contributed by atoms with Gasteiger partial charge in [-0.3, -0.25) is 14.4 Å². The molecule has 138 valence electrons. The highest BCUT2D eigenvalue weighted by Gasteiger charge is 2.36. The minimum Gasteiger partial charge on any atom is -0.483 e. The molecule has 1 N–H and O–H groups in total. The van der Waals surface area contributed by atoms with Crippen molar-refractivity contribution in [3.63, 3.8) is 0 Å². The topological polar surface area (TPSA) is 87.2 Å². The molecule has 0 unspecified atom stereocenters. The number of hydrogen-bond donors (Lipinski definition) is 1. The molecule has 0 spiro atoms. The zero-order valence-corrected chi connectivity index (χ0v) is 14.7. The summed E-state index contributed by atoms with van der Waals surface area (Å²) in [7, 11) is 1.54. The number of piperazine rings is 1. The van der Waals surface area contributed by atoms with E-state index in [9.17, 15) is 14.0 Å². The summed E-state index contributed by atoms with van der Waals surface area (Å²) in [5.74, 6) is -0.782. The minimum absolute atomic E-state index is 0.00951. The van der Waals surface area contributed by atoms with Gasteiger partial charge in [0.2, 0.25) is 11.8 Å². The summed E-state index contributed by atoms with van der Waals surface area (Å²) in [5, 5.41) is 7.15. The lowest BCUT2D eigenvalue weighted by atomic mass is 10.1. The number of carboxylic acid groups (broad SMARTS) is 1. The number of amides is 2. The number of carbonyl (C=O) groups is 3. The van der Waals surface area contributed by atoms with E-state index in [0.717, 1.165) is 0 Å². The van der Waals surface area contributed by atoms with Crippen molar-refractivity contribution in [2.24, 2.45) is 0 Å². The fraction of sp³-hybridized carbons (Fsp3) is 0.438. The molecule has 1 aliphatic rings. The van der Waals surface area contributed by atoms with Crippen LogP contribution in [0.3, 0.4) is 0 Å². The molecule has 9 heteroatoms. The summed E-state index contributed by atoms with van der Waals surface area (Å²) in [4.78, 5) is 35.8. The third-order valence-corrected chi connectivity index (χ3v) is 3.84. The summed E-state index contributed by atoms with van der Waals surface area (Å²) >= 11 is 5.82. The Balaban J connectivity index is 0.000000970. The molecule has 2 rings (SSSR count). The van der Waals surface area contributed by atoms with Gasteiger partial charge in [-0.2, -0.15) is 0 Å². The Labute approximate surface area is 149 Å². The molecule has 0 aliphatic carbocycles. The van der Waals surface area contributed by atoms with Crippen molar-refractivity contribution in [2.75, 3.05) is 26.8 Å². The Hall–Kier alpha value is -2.19. The predicted octanol–water partition coefficient (Wildman–Crippen LogP) is 1.39. The van der Waals surface area contributed by atoms with Crippen LogP contribution in [-0.4, -0.2) is 66.0 Å². The van der Waals surface area contributed by atoms with Gasteiger partial charge in [-0.25, -0.2) is 4.39 Å². The van der Waals surface area contributed by atoms with Gasteiger partial charge >= 0.3 is 0 Å². The molecule has 0 saturated carbocycles. The van der Waals surface area contributed by atoms with E-state index in [1.54, 1.807) is 20.1 Å². The maximum atomic E-state index is 13.4. The Morgan fingerprint density at radius 3 is 2.60 bits per heavy atom. The molecule has 25 heavy (non-hydrogen) atoms. The van der Waals surface area contributed by atoms with Gasteiger partial charge in [-0.15, -0.1) is 0 Å². The first-order chi connectivity index (χ1) is 11.8. The SMILES string of the molecule is COCCN1CC(=O)N(Cc2cc(F)cc(Cl)c2)[C@@H](C)C1=O.O=CO. The van der Waals surface area contributed by atoms with Crippen molar-refractivity contribution in [1.29, 1.82) is 0 Å². The Morgan fingerprint density at radius 1 is 1.40 bits per heavy atom. The van der Waals surface area contributed by atoms with Gasteiger partial charge in [-0.05, 0) is 30.7 Å². The molecule has 1 heterocycles. The number of rotatable bonds is 5. The largest absolute Gasteiger partial charge is 0.483 e. The first-order valence-corrected chi connectivity index (χ1v) is 7.81. The number of benzene rings is 1. The summed E-state index contributed by atoms with van der Waals surface area (Å²) in [6.45, 7) is 2.34. The number of halogens is 2. The van der Waals surface area contributed by atoms with E-state index < -0.39 is 11.9 Å². The molecule has 1 atom stereocenters. The quantitative estimate of drug-likeness (QED) is 0.787. The fourth-order valence-electron chi connectivity index (χ4n) is 2.46. The van der Waals surface area contributed by atoms with Crippen LogP contribution in [0.1, 0.15) is 12.5 Å². The molecule has 1 fully saturated rings. The zero-order chi connectivity index (χ0) is 19.0. The van der Waals surface area contributed by atoms with Crippen molar-refractivity contribution in [3.05, 3.63) is 34.6 Å². The van der Waals surface area contributed by atoms with Crippen LogP contribution in [0, 0.1) is 5.82 Å². The van der Waals surface area contributed by atoms with Crippen LogP contribution < -0.4 is 0 Å². The second-order valence-electron chi connectivity index (χ2n) is 5.33. The van der Waals surface area contributed by atoms with Gasteiger partial charge in [-0.1, -0.05) is 11.6 Å². The molecular weight excluding hydrogens is 355 g/mol. The Kier molecular flexibility index (Phi) is 8.30.